The molecule has 2 heterocycles. The van der Waals surface area contributed by atoms with Crippen LogP contribution in [0.2, 0.25) is 15.1 Å². The normalized spacial score (nSPS) is 11.1. The Morgan fingerprint density at radius 2 is 1.63 bits per heavy atom. The number of thiazole rings is 1. The second kappa shape index (κ2) is 11.8. The predicted molar refractivity (Wildman–Crippen MR) is 174 cm³/mol. The summed E-state index contributed by atoms with van der Waals surface area (Å²) in [5.41, 5.74) is 3.47. The molecule has 0 saturated heterocycles. The van der Waals surface area contributed by atoms with E-state index in [2.05, 4.69) is 26.6 Å². The van der Waals surface area contributed by atoms with Crippen LogP contribution >= 0.6 is 62.1 Å². The van der Waals surface area contributed by atoms with E-state index in [4.69, 9.17) is 44.8 Å². The largest absolute Gasteiger partial charge is 0.353 e. The summed E-state index contributed by atoms with van der Waals surface area (Å²) in [7, 11) is 0. The molecule has 0 radical (unpaired) electrons. The minimum atomic E-state index is -0.213. The number of benzene rings is 4. The maximum absolute atomic E-state index is 14.0. The van der Waals surface area contributed by atoms with Crippen LogP contribution in [-0.2, 0) is 6.42 Å². The Hall–Kier alpha value is -3.40. The average Bonchev–Trinajstić information content (AvgIpc) is 3.40. The van der Waals surface area contributed by atoms with Gasteiger partial charge in [0, 0.05) is 32.7 Å². The minimum Gasteiger partial charge on any atom is -0.353 e. The fourth-order valence-corrected chi connectivity index (χ4v) is 6.19. The first kappa shape index (κ1) is 27.8. The van der Waals surface area contributed by atoms with Gasteiger partial charge in [-0.25, -0.2) is 14.5 Å². The van der Waals surface area contributed by atoms with Crippen molar-refractivity contribution in [2.45, 2.75) is 6.42 Å². The second-order valence-corrected chi connectivity index (χ2v) is 12.0. The molecule has 0 fully saturated rings. The van der Waals surface area contributed by atoms with Gasteiger partial charge in [0.05, 0.1) is 26.6 Å². The van der Waals surface area contributed by atoms with E-state index in [1.54, 1.807) is 34.9 Å². The number of anilines is 4. The molecule has 4 aromatic carbocycles. The lowest BCUT2D eigenvalue weighted by atomic mass is 10.1. The molecule has 2 N–H and O–H groups in total. The van der Waals surface area contributed by atoms with Gasteiger partial charge in [0.25, 0.3) is 5.56 Å². The molecule has 0 spiro atoms. The van der Waals surface area contributed by atoms with Crippen LogP contribution < -0.4 is 16.2 Å². The van der Waals surface area contributed by atoms with Gasteiger partial charge >= 0.3 is 0 Å². The number of nitrogens with zero attached hydrogens (tertiary/aromatic N) is 3. The highest BCUT2D eigenvalue weighted by Crippen LogP contribution is 2.34. The number of rotatable bonds is 7. The molecule has 6 aromatic rings. The smallest absolute Gasteiger partial charge is 0.267 e. The van der Waals surface area contributed by atoms with Gasteiger partial charge in [-0.15, -0.1) is 11.3 Å². The Labute approximate surface area is 262 Å². The molecule has 0 atom stereocenters. The van der Waals surface area contributed by atoms with Gasteiger partial charge in [-0.1, -0.05) is 81.1 Å². The van der Waals surface area contributed by atoms with Gasteiger partial charge in [-0.05, 0) is 60.2 Å². The van der Waals surface area contributed by atoms with Crippen molar-refractivity contribution < 1.29 is 0 Å². The van der Waals surface area contributed by atoms with E-state index in [1.807, 2.05) is 60.0 Å². The lowest BCUT2D eigenvalue weighted by molar-refractivity contribution is 0.844. The summed E-state index contributed by atoms with van der Waals surface area (Å²) in [5.74, 6) is 1.13. The summed E-state index contributed by atoms with van der Waals surface area (Å²) in [4.78, 5) is 23.6. The van der Waals surface area contributed by atoms with Crippen LogP contribution in [-0.4, -0.2) is 14.5 Å². The van der Waals surface area contributed by atoms with Gasteiger partial charge in [0.15, 0.2) is 5.13 Å². The van der Waals surface area contributed by atoms with E-state index >= 15 is 0 Å². The van der Waals surface area contributed by atoms with Gasteiger partial charge in [0.1, 0.15) is 11.6 Å². The molecule has 0 aliphatic carbocycles. The first-order valence-corrected chi connectivity index (χ1v) is 15.1. The summed E-state index contributed by atoms with van der Waals surface area (Å²) >= 11 is 23.8. The zero-order valence-corrected chi connectivity index (χ0v) is 25.7. The number of nitrogens with one attached hydrogen (secondary N) is 2. The molecule has 6 nitrogen and oxygen atoms in total. The molecule has 0 unspecified atom stereocenters. The topological polar surface area (TPSA) is 71.8 Å². The SMILES string of the molecule is O=c1c2cc(Br)ccc2nc(Cc2ccccc2Nc2c(Cl)cccc2Cl)n1-c1nc(Nc2cccc(Cl)c2)cs1. The van der Waals surface area contributed by atoms with Gasteiger partial charge < -0.3 is 10.6 Å². The Morgan fingerprint density at radius 3 is 2.44 bits per heavy atom. The molecule has 0 aliphatic heterocycles. The Bertz CT molecular complexity index is 1960. The van der Waals surface area contributed by atoms with Crippen LogP contribution in [0.5, 0.6) is 0 Å². The third kappa shape index (κ3) is 5.98. The van der Waals surface area contributed by atoms with E-state index in [-0.39, 0.29) is 5.56 Å². The number of para-hydroxylation sites is 2. The highest BCUT2D eigenvalue weighted by Gasteiger charge is 2.18. The van der Waals surface area contributed by atoms with Crippen molar-refractivity contribution in [3.05, 3.63) is 132 Å². The van der Waals surface area contributed by atoms with Gasteiger partial charge in [-0.2, -0.15) is 0 Å². The van der Waals surface area contributed by atoms with Crippen LogP contribution in [0.3, 0.4) is 0 Å². The monoisotopic (exact) mass is 681 g/mol. The van der Waals surface area contributed by atoms with E-state index in [0.29, 0.717) is 54.9 Å². The van der Waals surface area contributed by atoms with E-state index in [1.165, 1.54) is 11.3 Å². The number of hydrogen-bond donors (Lipinski definition) is 2. The molecule has 204 valence electrons. The quantitative estimate of drug-likeness (QED) is 0.175. The predicted octanol–water partition coefficient (Wildman–Crippen LogP) is 9.64. The number of aromatic nitrogens is 3. The Kier molecular flexibility index (Phi) is 8.01. The van der Waals surface area contributed by atoms with E-state index < -0.39 is 0 Å². The highest BCUT2D eigenvalue weighted by atomic mass is 79.9. The van der Waals surface area contributed by atoms with Crippen LogP contribution in [0.4, 0.5) is 22.9 Å². The van der Waals surface area contributed by atoms with Crippen molar-refractivity contribution in [2.75, 3.05) is 10.6 Å². The molecule has 0 aliphatic rings. The lowest BCUT2D eigenvalue weighted by Crippen LogP contribution is -2.24. The van der Waals surface area contributed by atoms with Crippen molar-refractivity contribution in [2.24, 2.45) is 0 Å². The third-order valence-electron chi connectivity index (χ3n) is 6.27. The second-order valence-electron chi connectivity index (χ2n) is 9.04. The Morgan fingerprint density at radius 1 is 0.854 bits per heavy atom. The van der Waals surface area contributed by atoms with E-state index in [0.717, 1.165) is 21.4 Å². The molecule has 41 heavy (non-hydrogen) atoms. The van der Waals surface area contributed by atoms with Crippen molar-refractivity contribution in [1.82, 2.24) is 14.5 Å². The molecule has 0 bridgehead atoms. The third-order valence-corrected chi connectivity index (χ3v) is 8.45. The maximum Gasteiger partial charge on any atom is 0.267 e. The number of fused-ring (bicyclic) bond motifs is 1. The minimum absolute atomic E-state index is 0.213. The molecular formula is C30H19BrCl3N5OS. The zero-order valence-electron chi connectivity index (χ0n) is 21.0. The summed E-state index contributed by atoms with van der Waals surface area (Å²) in [6.07, 6.45) is 0.336. The van der Waals surface area contributed by atoms with Gasteiger partial charge in [0.2, 0.25) is 0 Å². The summed E-state index contributed by atoms with van der Waals surface area (Å²) in [6.45, 7) is 0. The fourth-order valence-electron chi connectivity index (χ4n) is 4.38. The van der Waals surface area contributed by atoms with Crippen molar-refractivity contribution in [3.63, 3.8) is 0 Å². The lowest BCUT2D eigenvalue weighted by Gasteiger charge is -2.16. The first-order valence-electron chi connectivity index (χ1n) is 12.3. The summed E-state index contributed by atoms with van der Waals surface area (Å²) in [5, 5.41) is 11.1. The molecule has 0 amide bonds. The molecule has 11 heteroatoms. The van der Waals surface area contributed by atoms with Crippen LogP contribution in [0.15, 0.2) is 99.6 Å². The molecule has 2 aromatic heterocycles. The summed E-state index contributed by atoms with van der Waals surface area (Å²) < 4.78 is 2.36. The van der Waals surface area contributed by atoms with Crippen LogP contribution in [0.25, 0.3) is 16.0 Å². The zero-order chi connectivity index (χ0) is 28.5. The van der Waals surface area contributed by atoms with Crippen molar-refractivity contribution in [1.29, 1.82) is 0 Å². The van der Waals surface area contributed by atoms with Crippen molar-refractivity contribution in [3.8, 4) is 5.13 Å². The standard InChI is InChI=1S/C30H19BrCl3N5OS/c31-18-11-12-25-21(14-18)29(40)39(30-38-26(16-41-30)35-20-7-3-6-19(32)15-20)27(36-25)13-17-5-1-2-10-24(17)37-28-22(33)8-4-9-23(28)34/h1-12,14-16,35,37H,13H2. The number of halogens is 4. The number of hydrogen-bond acceptors (Lipinski definition) is 6. The highest BCUT2D eigenvalue weighted by molar-refractivity contribution is 9.10. The van der Waals surface area contributed by atoms with Crippen molar-refractivity contribution >= 4 is 95.9 Å². The fraction of sp³-hybridized carbons (Fsp3) is 0.0333. The van der Waals surface area contributed by atoms with Gasteiger partial charge in [-0.3, -0.25) is 4.79 Å². The maximum atomic E-state index is 14.0. The molecule has 6 rings (SSSR count). The average molecular weight is 684 g/mol. The van der Waals surface area contributed by atoms with E-state index in [9.17, 15) is 4.79 Å². The van der Waals surface area contributed by atoms with Crippen LogP contribution in [0, 0.1) is 0 Å². The summed E-state index contributed by atoms with van der Waals surface area (Å²) in [6, 6.07) is 25.9. The Balaban J connectivity index is 1.44. The van der Waals surface area contributed by atoms with Crippen LogP contribution in [0.1, 0.15) is 11.4 Å². The first-order chi connectivity index (χ1) is 19.9. The molecular weight excluding hydrogens is 665 g/mol. The molecule has 0 saturated carbocycles.